The van der Waals surface area contributed by atoms with Gasteiger partial charge in [-0.15, -0.1) is 11.8 Å². The molecule has 1 aromatic carbocycles. The molecule has 0 spiro atoms. The van der Waals surface area contributed by atoms with Crippen molar-refractivity contribution in [3.8, 4) is 16.9 Å². The van der Waals surface area contributed by atoms with Crippen LogP contribution >= 0.6 is 23.4 Å². The van der Waals surface area contributed by atoms with Crippen molar-refractivity contribution in [2.24, 2.45) is 0 Å². The fourth-order valence-electron chi connectivity index (χ4n) is 2.13. The molecule has 0 amide bonds. The molecule has 22 heavy (non-hydrogen) atoms. The summed E-state index contributed by atoms with van der Waals surface area (Å²) in [6.45, 7) is 1.86. The molecule has 1 heterocycles. The molecule has 2 aromatic rings. The van der Waals surface area contributed by atoms with E-state index in [0.29, 0.717) is 21.9 Å². The van der Waals surface area contributed by atoms with Crippen molar-refractivity contribution in [2.45, 2.75) is 11.8 Å². The first-order valence-corrected chi connectivity index (χ1v) is 8.09. The Morgan fingerprint density at radius 1 is 1.23 bits per heavy atom. The van der Waals surface area contributed by atoms with Gasteiger partial charge in [0.1, 0.15) is 5.75 Å². The first-order chi connectivity index (χ1) is 10.5. The fraction of sp³-hybridized carbons (Fsp3) is 0.250. The summed E-state index contributed by atoms with van der Waals surface area (Å²) in [6, 6.07) is 5.48. The Hall–Kier alpha value is -1.72. The average Bonchev–Trinajstić information content (AvgIpc) is 2.53. The summed E-state index contributed by atoms with van der Waals surface area (Å²) in [5, 5.41) is 0.605. The normalized spacial score (nSPS) is 10.4. The number of benzene rings is 1. The van der Waals surface area contributed by atoms with Crippen LogP contribution in [-0.2, 0) is 4.74 Å². The molecule has 0 aliphatic rings. The number of rotatable bonds is 4. The smallest absolute Gasteiger partial charge is 0.340 e. The molecular formula is C16H16ClNO3S. The van der Waals surface area contributed by atoms with Crippen LogP contribution in [0.4, 0.5) is 0 Å². The summed E-state index contributed by atoms with van der Waals surface area (Å²) >= 11 is 7.84. The van der Waals surface area contributed by atoms with Gasteiger partial charge in [-0.2, -0.15) is 0 Å². The first-order valence-electron chi connectivity index (χ1n) is 6.48. The highest BCUT2D eigenvalue weighted by molar-refractivity contribution is 7.98. The van der Waals surface area contributed by atoms with Gasteiger partial charge in [-0.05, 0) is 31.4 Å². The Labute approximate surface area is 138 Å². The van der Waals surface area contributed by atoms with Crippen LogP contribution in [0, 0.1) is 6.92 Å². The molecule has 1 aromatic heterocycles. The number of hydrogen-bond acceptors (Lipinski definition) is 5. The molecule has 0 bridgehead atoms. The lowest BCUT2D eigenvalue weighted by Gasteiger charge is -2.14. The lowest BCUT2D eigenvalue weighted by atomic mass is 9.99. The Morgan fingerprint density at radius 3 is 2.55 bits per heavy atom. The van der Waals surface area contributed by atoms with E-state index in [0.717, 1.165) is 16.2 Å². The van der Waals surface area contributed by atoms with Crippen LogP contribution in [0.15, 0.2) is 29.3 Å². The third-order valence-electron chi connectivity index (χ3n) is 3.21. The van der Waals surface area contributed by atoms with Crippen LogP contribution in [0.1, 0.15) is 16.1 Å². The van der Waals surface area contributed by atoms with Gasteiger partial charge in [-0.3, -0.25) is 4.98 Å². The van der Waals surface area contributed by atoms with E-state index in [1.54, 1.807) is 13.2 Å². The molecule has 0 saturated heterocycles. The minimum Gasteiger partial charge on any atom is -0.496 e. The van der Waals surface area contributed by atoms with Crippen LogP contribution in [0.25, 0.3) is 11.1 Å². The zero-order valence-corrected chi connectivity index (χ0v) is 14.3. The van der Waals surface area contributed by atoms with E-state index in [4.69, 9.17) is 21.1 Å². The Morgan fingerprint density at radius 2 is 1.95 bits per heavy atom. The Balaban J connectivity index is 2.73. The quantitative estimate of drug-likeness (QED) is 0.617. The summed E-state index contributed by atoms with van der Waals surface area (Å²) < 4.78 is 10.3. The number of aromatic nitrogens is 1. The molecule has 0 saturated carbocycles. The largest absolute Gasteiger partial charge is 0.496 e. The fourth-order valence-corrected chi connectivity index (χ4v) is 3.00. The number of carbonyl (C=O) groups excluding carboxylic acids is 1. The Kier molecular flexibility index (Phi) is 5.32. The van der Waals surface area contributed by atoms with Crippen LogP contribution in [0.5, 0.6) is 5.75 Å². The number of esters is 1. The standard InChI is InChI=1S/C16H16ClNO3S/c1-9-5-10(12(8-18-9)16(19)21-3)11-6-13(17)15(22-4)7-14(11)20-2/h5-8H,1-4H3. The molecule has 0 N–H and O–H groups in total. The van der Waals surface area contributed by atoms with Crippen molar-refractivity contribution in [1.29, 1.82) is 0 Å². The first kappa shape index (κ1) is 16.6. The van der Waals surface area contributed by atoms with Gasteiger partial charge in [0.15, 0.2) is 0 Å². The minimum atomic E-state index is -0.449. The molecule has 6 heteroatoms. The average molecular weight is 338 g/mol. The number of nitrogens with zero attached hydrogens (tertiary/aromatic N) is 1. The highest BCUT2D eigenvalue weighted by atomic mass is 35.5. The third kappa shape index (κ3) is 3.20. The molecule has 2 rings (SSSR count). The molecule has 0 fully saturated rings. The van der Waals surface area contributed by atoms with Crippen LogP contribution < -0.4 is 4.74 Å². The second-order valence-corrected chi connectivity index (χ2v) is 5.81. The van der Waals surface area contributed by atoms with Crippen molar-refractivity contribution in [1.82, 2.24) is 4.98 Å². The van der Waals surface area contributed by atoms with E-state index in [9.17, 15) is 4.79 Å². The second-order valence-electron chi connectivity index (χ2n) is 4.55. The van der Waals surface area contributed by atoms with Crippen molar-refractivity contribution in [3.05, 3.63) is 40.7 Å². The zero-order valence-electron chi connectivity index (χ0n) is 12.8. The van der Waals surface area contributed by atoms with Gasteiger partial charge in [0.05, 0.1) is 24.8 Å². The summed E-state index contributed by atoms with van der Waals surface area (Å²) in [7, 11) is 2.93. The number of ether oxygens (including phenoxy) is 2. The highest BCUT2D eigenvalue weighted by Gasteiger charge is 2.19. The van der Waals surface area contributed by atoms with Crippen molar-refractivity contribution in [2.75, 3.05) is 20.5 Å². The second kappa shape index (κ2) is 7.03. The molecule has 116 valence electrons. The Bertz CT molecular complexity index is 719. The predicted molar refractivity (Wildman–Crippen MR) is 89.1 cm³/mol. The van der Waals surface area contributed by atoms with Crippen LogP contribution in [0.2, 0.25) is 5.02 Å². The number of hydrogen-bond donors (Lipinski definition) is 0. The topological polar surface area (TPSA) is 48.4 Å². The van der Waals surface area contributed by atoms with Crippen molar-refractivity contribution in [3.63, 3.8) is 0 Å². The number of methoxy groups -OCH3 is 2. The van der Waals surface area contributed by atoms with Crippen LogP contribution in [0.3, 0.4) is 0 Å². The molecule has 4 nitrogen and oxygen atoms in total. The van der Waals surface area contributed by atoms with E-state index in [-0.39, 0.29) is 0 Å². The molecule has 0 atom stereocenters. The van der Waals surface area contributed by atoms with Gasteiger partial charge in [0, 0.05) is 27.9 Å². The highest BCUT2D eigenvalue weighted by Crippen LogP contribution is 2.39. The predicted octanol–water partition coefficient (Wildman–Crippen LogP) is 4.23. The number of pyridine rings is 1. The van der Waals surface area contributed by atoms with E-state index in [1.807, 2.05) is 25.3 Å². The third-order valence-corrected chi connectivity index (χ3v) is 4.41. The monoisotopic (exact) mass is 337 g/mol. The van der Waals surface area contributed by atoms with Crippen LogP contribution in [-0.4, -0.2) is 31.4 Å². The van der Waals surface area contributed by atoms with E-state index in [1.165, 1.54) is 25.1 Å². The summed E-state index contributed by atoms with van der Waals surface area (Å²) in [4.78, 5) is 17.1. The van der Waals surface area contributed by atoms with Gasteiger partial charge in [0.25, 0.3) is 0 Å². The van der Waals surface area contributed by atoms with Gasteiger partial charge >= 0.3 is 5.97 Å². The summed E-state index contributed by atoms with van der Waals surface area (Å²) in [5.41, 5.74) is 2.58. The number of aryl methyl sites for hydroxylation is 1. The summed E-state index contributed by atoms with van der Waals surface area (Å²) in [6.07, 6.45) is 3.45. The maximum absolute atomic E-state index is 12.0. The van der Waals surface area contributed by atoms with E-state index in [2.05, 4.69) is 4.98 Å². The maximum atomic E-state index is 12.0. The number of thioether (sulfide) groups is 1. The summed E-state index contributed by atoms with van der Waals surface area (Å²) in [5.74, 6) is 0.194. The lowest BCUT2D eigenvalue weighted by Crippen LogP contribution is -2.05. The van der Waals surface area contributed by atoms with E-state index >= 15 is 0 Å². The van der Waals surface area contributed by atoms with E-state index < -0.39 is 5.97 Å². The van der Waals surface area contributed by atoms with Crippen molar-refractivity contribution >= 4 is 29.3 Å². The maximum Gasteiger partial charge on any atom is 0.340 e. The lowest BCUT2D eigenvalue weighted by molar-refractivity contribution is 0.0601. The SMILES string of the molecule is COC(=O)c1cnc(C)cc1-c1cc(Cl)c(SC)cc1OC. The van der Waals surface area contributed by atoms with Gasteiger partial charge in [0.2, 0.25) is 0 Å². The zero-order chi connectivity index (χ0) is 16.3. The van der Waals surface area contributed by atoms with Crippen molar-refractivity contribution < 1.29 is 14.3 Å². The van der Waals surface area contributed by atoms with Gasteiger partial charge < -0.3 is 9.47 Å². The molecule has 0 aliphatic heterocycles. The number of carbonyl (C=O) groups is 1. The molecule has 0 aliphatic carbocycles. The van der Waals surface area contributed by atoms with Gasteiger partial charge in [-0.25, -0.2) is 4.79 Å². The number of halogens is 1. The van der Waals surface area contributed by atoms with Gasteiger partial charge in [-0.1, -0.05) is 11.6 Å². The molecular weight excluding hydrogens is 322 g/mol. The molecule has 0 radical (unpaired) electrons. The molecule has 0 unspecified atom stereocenters. The minimum absolute atomic E-state index is 0.374.